The summed E-state index contributed by atoms with van der Waals surface area (Å²) in [7, 11) is 0. The molecule has 5 heteroatoms. The first-order valence-electron chi connectivity index (χ1n) is 8.35. The normalized spacial score (nSPS) is 36.0. The zero-order valence-electron chi connectivity index (χ0n) is 14.1. The summed E-state index contributed by atoms with van der Waals surface area (Å²) < 4.78 is 17.1. The average molecular weight is 300 g/mol. The Kier molecular flexibility index (Phi) is 6.89. The first kappa shape index (κ1) is 17.2. The molecule has 0 aromatic rings. The predicted molar refractivity (Wildman–Crippen MR) is 83.7 cm³/mol. The molecule has 124 valence electrons. The van der Waals surface area contributed by atoms with Crippen molar-refractivity contribution in [1.29, 1.82) is 0 Å². The average Bonchev–Trinajstić information content (AvgIpc) is 2.45. The van der Waals surface area contributed by atoms with Crippen molar-refractivity contribution in [3.8, 4) is 0 Å². The standard InChI is InChI=1S/C16H32N2O3/c1-13-11-20-15(3)9-17(13)5-7-19-8-6-18-10-16(4)21-12-14(18)2/h13-16H,5-12H2,1-4H3. The second-order valence-electron chi connectivity index (χ2n) is 6.59. The minimum absolute atomic E-state index is 0.344. The fourth-order valence-electron chi connectivity index (χ4n) is 3.03. The third kappa shape index (κ3) is 5.49. The smallest absolute Gasteiger partial charge is 0.0674 e. The maximum Gasteiger partial charge on any atom is 0.0674 e. The summed E-state index contributed by atoms with van der Waals surface area (Å²) in [6.07, 6.45) is 0.689. The number of hydrogen-bond donors (Lipinski definition) is 0. The Morgan fingerprint density at radius 3 is 1.67 bits per heavy atom. The Morgan fingerprint density at radius 1 is 0.810 bits per heavy atom. The highest BCUT2D eigenvalue weighted by molar-refractivity contribution is 4.76. The molecule has 0 bridgehead atoms. The van der Waals surface area contributed by atoms with Gasteiger partial charge in [0.15, 0.2) is 0 Å². The van der Waals surface area contributed by atoms with Crippen molar-refractivity contribution < 1.29 is 14.2 Å². The first-order chi connectivity index (χ1) is 10.1. The molecule has 21 heavy (non-hydrogen) atoms. The van der Waals surface area contributed by atoms with Gasteiger partial charge in [0.25, 0.3) is 0 Å². The van der Waals surface area contributed by atoms with Crippen molar-refractivity contribution in [1.82, 2.24) is 9.80 Å². The molecule has 2 aliphatic rings. The third-order valence-electron chi connectivity index (χ3n) is 4.52. The van der Waals surface area contributed by atoms with Gasteiger partial charge in [-0.2, -0.15) is 0 Å². The molecular formula is C16H32N2O3. The lowest BCUT2D eigenvalue weighted by molar-refractivity contribution is -0.0661. The van der Waals surface area contributed by atoms with Gasteiger partial charge >= 0.3 is 0 Å². The number of hydrogen-bond acceptors (Lipinski definition) is 5. The number of ether oxygens (including phenoxy) is 3. The highest BCUT2D eigenvalue weighted by Gasteiger charge is 2.24. The van der Waals surface area contributed by atoms with E-state index in [-0.39, 0.29) is 0 Å². The molecule has 0 aromatic carbocycles. The van der Waals surface area contributed by atoms with Crippen molar-refractivity contribution in [3.63, 3.8) is 0 Å². The molecule has 4 unspecified atom stereocenters. The van der Waals surface area contributed by atoms with Crippen LogP contribution in [0.1, 0.15) is 27.7 Å². The van der Waals surface area contributed by atoms with E-state index in [1.165, 1.54) is 0 Å². The van der Waals surface area contributed by atoms with Crippen LogP contribution in [0.25, 0.3) is 0 Å². The van der Waals surface area contributed by atoms with Crippen LogP contribution in [-0.4, -0.2) is 86.7 Å². The third-order valence-corrected chi connectivity index (χ3v) is 4.52. The van der Waals surface area contributed by atoms with Crippen LogP contribution < -0.4 is 0 Å². The molecule has 0 saturated carbocycles. The number of rotatable bonds is 6. The Bertz CT molecular complexity index is 275. The summed E-state index contributed by atoms with van der Waals surface area (Å²) >= 11 is 0. The quantitative estimate of drug-likeness (QED) is 0.689. The van der Waals surface area contributed by atoms with Crippen LogP contribution in [0.4, 0.5) is 0 Å². The molecular weight excluding hydrogens is 268 g/mol. The van der Waals surface area contributed by atoms with Crippen molar-refractivity contribution in [2.45, 2.75) is 52.0 Å². The lowest BCUT2D eigenvalue weighted by Gasteiger charge is -2.37. The van der Waals surface area contributed by atoms with Gasteiger partial charge in [-0.15, -0.1) is 0 Å². The molecule has 0 spiro atoms. The molecule has 2 aliphatic heterocycles. The highest BCUT2D eigenvalue weighted by atomic mass is 16.5. The van der Waals surface area contributed by atoms with E-state index in [1.807, 2.05) is 0 Å². The van der Waals surface area contributed by atoms with Crippen molar-refractivity contribution in [2.75, 3.05) is 52.6 Å². The predicted octanol–water partition coefficient (Wildman–Crippen LogP) is 1.22. The van der Waals surface area contributed by atoms with E-state index in [0.717, 1.165) is 52.6 Å². The summed E-state index contributed by atoms with van der Waals surface area (Å²) in [5.41, 5.74) is 0. The minimum Gasteiger partial charge on any atom is -0.379 e. The van der Waals surface area contributed by atoms with E-state index in [4.69, 9.17) is 14.2 Å². The molecule has 5 nitrogen and oxygen atoms in total. The van der Waals surface area contributed by atoms with Gasteiger partial charge in [0.1, 0.15) is 0 Å². The topological polar surface area (TPSA) is 34.2 Å². The van der Waals surface area contributed by atoms with Crippen LogP contribution in [-0.2, 0) is 14.2 Å². The van der Waals surface area contributed by atoms with Crippen molar-refractivity contribution >= 4 is 0 Å². The molecule has 2 heterocycles. The van der Waals surface area contributed by atoms with Crippen molar-refractivity contribution in [3.05, 3.63) is 0 Å². The molecule has 2 fully saturated rings. The van der Waals surface area contributed by atoms with Crippen LogP contribution in [0.5, 0.6) is 0 Å². The molecule has 0 aliphatic carbocycles. The lowest BCUT2D eigenvalue weighted by atomic mass is 10.2. The van der Waals surface area contributed by atoms with Gasteiger partial charge in [-0.1, -0.05) is 0 Å². The van der Waals surface area contributed by atoms with Gasteiger partial charge in [-0.05, 0) is 27.7 Å². The molecule has 0 amide bonds. The fourth-order valence-corrected chi connectivity index (χ4v) is 3.03. The summed E-state index contributed by atoms with van der Waals surface area (Å²) in [6, 6.07) is 1.01. The highest BCUT2D eigenvalue weighted by Crippen LogP contribution is 2.12. The zero-order chi connectivity index (χ0) is 15.2. The Hall–Kier alpha value is -0.200. The molecule has 2 rings (SSSR count). The maximum absolute atomic E-state index is 5.84. The SMILES string of the molecule is CC1CN(CCOCCN2CC(C)OCC2C)C(C)CO1. The molecule has 4 atom stereocenters. The van der Waals surface area contributed by atoms with Crippen LogP contribution in [0, 0.1) is 0 Å². The lowest BCUT2D eigenvalue weighted by Crippen LogP contribution is -2.49. The monoisotopic (exact) mass is 300 g/mol. The van der Waals surface area contributed by atoms with Gasteiger partial charge < -0.3 is 14.2 Å². The van der Waals surface area contributed by atoms with E-state index < -0.39 is 0 Å². The molecule has 0 N–H and O–H groups in total. The molecule has 0 aromatic heterocycles. The van der Waals surface area contributed by atoms with Gasteiger partial charge in [0.05, 0.1) is 38.6 Å². The van der Waals surface area contributed by atoms with E-state index in [0.29, 0.717) is 24.3 Å². The van der Waals surface area contributed by atoms with Gasteiger partial charge in [-0.25, -0.2) is 0 Å². The maximum atomic E-state index is 5.84. The Balaban J connectivity index is 1.57. The largest absolute Gasteiger partial charge is 0.379 e. The second kappa shape index (κ2) is 8.44. The van der Waals surface area contributed by atoms with Crippen LogP contribution in [0.3, 0.4) is 0 Å². The van der Waals surface area contributed by atoms with Crippen molar-refractivity contribution in [2.24, 2.45) is 0 Å². The fraction of sp³-hybridized carbons (Fsp3) is 1.00. The minimum atomic E-state index is 0.344. The Morgan fingerprint density at radius 2 is 1.24 bits per heavy atom. The van der Waals surface area contributed by atoms with E-state index in [2.05, 4.69) is 37.5 Å². The van der Waals surface area contributed by atoms with Crippen LogP contribution in [0.2, 0.25) is 0 Å². The second-order valence-corrected chi connectivity index (χ2v) is 6.59. The molecule has 2 saturated heterocycles. The van der Waals surface area contributed by atoms with E-state index >= 15 is 0 Å². The zero-order valence-corrected chi connectivity index (χ0v) is 14.1. The van der Waals surface area contributed by atoms with Crippen LogP contribution >= 0.6 is 0 Å². The van der Waals surface area contributed by atoms with Gasteiger partial charge in [-0.3, -0.25) is 9.80 Å². The Labute approximate surface area is 129 Å². The van der Waals surface area contributed by atoms with E-state index in [9.17, 15) is 0 Å². The van der Waals surface area contributed by atoms with Crippen LogP contribution in [0.15, 0.2) is 0 Å². The summed E-state index contributed by atoms with van der Waals surface area (Å²) in [5.74, 6) is 0. The molecule has 0 radical (unpaired) electrons. The number of nitrogens with zero attached hydrogens (tertiary/aromatic N) is 2. The summed E-state index contributed by atoms with van der Waals surface area (Å²) in [6.45, 7) is 16.1. The first-order valence-corrected chi connectivity index (χ1v) is 8.35. The summed E-state index contributed by atoms with van der Waals surface area (Å²) in [4.78, 5) is 4.93. The number of morpholine rings is 2. The summed E-state index contributed by atoms with van der Waals surface area (Å²) in [5, 5.41) is 0. The van der Waals surface area contributed by atoms with E-state index in [1.54, 1.807) is 0 Å². The van der Waals surface area contributed by atoms with Gasteiger partial charge in [0, 0.05) is 38.3 Å². The van der Waals surface area contributed by atoms with Gasteiger partial charge in [0.2, 0.25) is 0 Å².